The molecule has 22 heavy (non-hydrogen) atoms. The van der Waals surface area contributed by atoms with Gasteiger partial charge in [-0.05, 0) is 24.5 Å². The predicted molar refractivity (Wildman–Crippen MR) is 86.8 cm³/mol. The van der Waals surface area contributed by atoms with Crippen LogP contribution in [0.4, 0.5) is 0 Å². The van der Waals surface area contributed by atoms with Crippen molar-refractivity contribution in [2.75, 3.05) is 6.54 Å². The van der Waals surface area contributed by atoms with E-state index >= 15 is 0 Å². The van der Waals surface area contributed by atoms with E-state index in [9.17, 15) is 9.59 Å². The zero-order chi connectivity index (χ0) is 15.9. The summed E-state index contributed by atoms with van der Waals surface area (Å²) in [5.41, 5.74) is 0. The third-order valence-corrected chi connectivity index (χ3v) is 5.54. The minimum atomic E-state index is -0.390. The molecule has 1 aromatic rings. The van der Waals surface area contributed by atoms with Crippen molar-refractivity contribution in [3.8, 4) is 0 Å². The maximum absolute atomic E-state index is 12.5. The summed E-state index contributed by atoms with van der Waals surface area (Å²) < 4.78 is 0.773. The Kier molecular flexibility index (Phi) is 4.43. The first-order valence-electron chi connectivity index (χ1n) is 7.54. The second kappa shape index (κ2) is 6.18. The molecule has 0 spiro atoms. The highest BCUT2D eigenvalue weighted by Gasteiger charge is 2.46. The lowest BCUT2D eigenvalue weighted by Gasteiger charge is -2.36. The van der Waals surface area contributed by atoms with Crippen LogP contribution in [0.2, 0.25) is 4.34 Å². The maximum atomic E-state index is 12.5. The molecule has 2 amide bonds. The molecular formula is C15H20ClN3O2S. The quantitative estimate of drug-likeness (QED) is 0.874. The molecule has 2 N–H and O–H groups in total. The molecule has 5 nitrogen and oxygen atoms in total. The Morgan fingerprint density at radius 1 is 1.45 bits per heavy atom. The number of rotatable bonds is 4. The summed E-state index contributed by atoms with van der Waals surface area (Å²) in [6.45, 7) is 5.22. The molecule has 7 heteroatoms. The first-order chi connectivity index (χ1) is 10.5. The van der Waals surface area contributed by atoms with Crippen LogP contribution in [-0.2, 0) is 16.1 Å². The molecule has 1 aromatic heterocycles. The number of hydrogen-bond acceptors (Lipinski definition) is 4. The standard InChI is InChI=1S/C15H20ClN3O2S/c1-8(2)13-15(21)19-7-9(5-11(19)14(20)18-13)17-6-10-3-4-12(16)22-10/h3-4,8-9,11,13,17H,5-7H2,1-2H3,(H,18,20)/t9-,11-,13-/m0/s1. The molecule has 2 fully saturated rings. The van der Waals surface area contributed by atoms with Crippen molar-refractivity contribution in [1.82, 2.24) is 15.5 Å². The van der Waals surface area contributed by atoms with Gasteiger partial charge in [-0.15, -0.1) is 11.3 Å². The summed E-state index contributed by atoms with van der Waals surface area (Å²) in [4.78, 5) is 27.6. The SMILES string of the molecule is CC(C)[C@@H]1NC(=O)[C@@H]2C[C@H](NCc3ccc(Cl)s3)CN2C1=O. The average molecular weight is 342 g/mol. The van der Waals surface area contributed by atoms with Gasteiger partial charge in [-0.3, -0.25) is 9.59 Å². The van der Waals surface area contributed by atoms with Gasteiger partial charge in [0.2, 0.25) is 11.8 Å². The Hall–Kier alpha value is -1.11. The van der Waals surface area contributed by atoms with Crippen LogP contribution in [-0.4, -0.2) is 41.4 Å². The minimum Gasteiger partial charge on any atom is -0.342 e. The summed E-state index contributed by atoms with van der Waals surface area (Å²) in [6.07, 6.45) is 0.668. The van der Waals surface area contributed by atoms with Crippen molar-refractivity contribution in [2.24, 2.45) is 5.92 Å². The second-order valence-corrected chi connectivity index (χ2v) is 8.06. The Bertz CT molecular complexity index is 589. The molecule has 0 bridgehead atoms. The molecule has 3 heterocycles. The molecule has 2 aliphatic heterocycles. The summed E-state index contributed by atoms with van der Waals surface area (Å²) in [7, 11) is 0. The van der Waals surface area contributed by atoms with Crippen LogP contribution in [0.3, 0.4) is 0 Å². The van der Waals surface area contributed by atoms with Gasteiger partial charge in [0.05, 0.1) is 4.34 Å². The fourth-order valence-electron chi connectivity index (χ4n) is 3.11. The van der Waals surface area contributed by atoms with Gasteiger partial charge in [-0.1, -0.05) is 25.4 Å². The molecule has 2 saturated heterocycles. The molecule has 120 valence electrons. The lowest BCUT2D eigenvalue weighted by molar-refractivity contribution is -0.148. The molecule has 0 saturated carbocycles. The van der Waals surface area contributed by atoms with E-state index in [0.29, 0.717) is 19.5 Å². The van der Waals surface area contributed by atoms with E-state index in [1.807, 2.05) is 26.0 Å². The number of carbonyl (C=O) groups is 2. The highest BCUT2D eigenvalue weighted by molar-refractivity contribution is 7.16. The Balaban J connectivity index is 1.62. The fourth-order valence-corrected chi connectivity index (χ4v) is 4.15. The third kappa shape index (κ3) is 3.00. The van der Waals surface area contributed by atoms with Crippen molar-refractivity contribution in [1.29, 1.82) is 0 Å². The Labute approximate surface area is 139 Å². The van der Waals surface area contributed by atoms with Crippen LogP contribution < -0.4 is 10.6 Å². The minimum absolute atomic E-state index is 0.0261. The van der Waals surface area contributed by atoms with Gasteiger partial charge in [0.15, 0.2) is 0 Å². The maximum Gasteiger partial charge on any atom is 0.246 e. The number of halogens is 1. The molecule has 3 atom stereocenters. The fraction of sp³-hybridized carbons (Fsp3) is 0.600. The first kappa shape index (κ1) is 15.8. The smallest absolute Gasteiger partial charge is 0.246 e. The van der Waals surface area contributed by atoms with Crippen molar-refractivity contribution in [2.45, 2.75) is 44.9 Å². The van der Waals surface area contributed by atoms with Gasteiger partial charge >= 0.3 is 0 Å². The predicted octanol–water partition coefficient (Wildman–Crippen LogP) is 1.61. The van der Waals surface area contributed by atoms with Crippen molar-refractivity contribution >= 4 is 34.8 Å². The number of hydrogen-bond donors (Lipinski definition) is 2. The zero-order valence-electron chi connectivity index (χ0n) is 12.6. The number of piperazine rings is 1. The van der Waals surface area contributed by atoms with E-state index in [0.717, 1.165) is 9.21 Å². The molecule has 2 aliphatic rings. The third-order valence-electron chi connectivity index (χ3n) is 4.31. The van der Waals surface area contributed by atoms with Gasteiger partial charge in [0, 0.05) is 24.0 Å². The Morgan fingerprint density at radius 2 is 2.23 bits per heavy atom. The van der Waals surface area contributed by atoms with Crippen LogP contribution in [0.25, 0.3) is 0 Å². The summed E-state index contributed by atoms with van der Waals surface area (Å²) >= 11 is 7.47. The summed E-state index contributed by atoms with van der Waals surface area (Å²) in [5.74, 6) is 0.127. The van der Waals surface area contributed by atoms with Gasteiger partial charge < -0.3 is 15.5 Å². The van der Waals surface area contributed by atoms with Gasteiger partial charge in [0.1, 0.15) is 12.1 Å². The molecule has 0 radical (unpaired) electrons. The Morgan fingerprint density at radius 3 is 2.86 bits per heavy atom. The molecular weight excluding hydrogens is 322 g/mol. The number of nitrogens with zero attached hydrogens (tertiary/aromatic N) is 1. The highest BCUT2D eigenvalue weighted by Crippen LogP contribution is 2.26. The molecule has 3 rings (SSSR count). The number of amides is 2. The summed E-state index contributed by atoms with van der Waals surface area (Å²) in [6, 6.07) is 3.30. The lowest BCUT2D eigenvalue weighted by Crippen LogP contribution is -2.62. The molecule has 0 aliphatic carbocycles. The largest absolute Gasteiger partial charge is 0.342 e. The van der Waals surface area contributed by atoms with E-state index in [4.69, 9.17) is 11.6 Å². The van der Waals surface area contributed by atoms with Crippen molar-refractivity contribution in [3.63, 3.8) is 0 Å². The number of thiophene rings is 1. The zero-order valence-corrected chi connectivity index (χ0v) is 14.2. The lowest BCUT2D eigenvalue weighted by atomic mass is 9.98. The van der Waals surface area contributed by atoms with Crippen molar-refractivity contribution < 1.29 is 9.59 Å². The van der Waals surface area contributed by atoms with E-state index in [1.54, 1.807) is 16.2 Å². The van der Waals surface area contributed by atoms with E-state index in [-0.39, 0.29) is 29.8 Å². The monoisotopic (exact) mass is 341 g/mol. The van der Waals surface area contributed by atoms with Gasteiger partial charge in [-0.25, -0.2) is 0 Å². The molecule has 0 unspecified atom stereocenters. The highest BCUT2D eigenvalue weighted by atomic mass is 35.5. The first-order valence-corrected chi connectivity index (χ1v) is 8.73. The van der Waals surface area contributed by atoms with E-state index in [1.165, 1.54) is 0 Å². The van der Waals surface area contributed by atoms with Crippen LogP contribution >= 0.6 is 22.9 Å². The van der Waals surface area contributed by atoms with Gasteiger partial charge in [-0.2, -0.15) is 0 Å². The van der Waals surface area contributed by atoms with Crippen LogP contribution in [0, 0.1) is 5.92 Å². The average Bonchev–Trinajstić information content (AvgIpc) is 3.07. The van der Waals surface area contributed by atoms with Gasteiger partial charge in [0.25, 0.3) is 0 Å². The normalized spacial score (nSPS) is 28.2. The topological polar surface area (TPSA) is 61.4 Å². The summed E-state index contributed by atoms with van der Waals surface area (Å²) in [5, 5.41) is 6.29. The number of nitrogens with one attached hydrogen (secondary N) is 2. The molecule has 0 aromatic carbocycles. The van der Waals surface area contributed by atoms with Crippen LogP contribution in [0.5, 0.6) is 0 Å². The van der Waals surface area contributed by atoms with E-state index < -0.39 is 6.04 Å². The van der Waals surface area contributed by atoms with Crippen molar-refractivity contribution in [3.05, 3.63) is 21.3 Å². The number of fused-ring (bicyclic) bond motifs is 1. The van der Waals surface area contributed by atoms with Crippen LogP contribution in [0.1, 0.15) is 25.1 Å². The van der Waals surface area contributed by atoms with E-state index in [2.05, 4.69) is 10.6 Å². The number of carbonyl (C=O) groups excluding carboxylic acids is 2. The second-order valence-electron chi connectivity index (χ2n) is 6.26. The van der Waals surface area contributed by atoms with Crippen LogP contribution in [0.15, 0.2) is 12.1 Å².